The van der Waals surface area contributed by atoms with Crippen molar-refractivity contribution in [2.75, 3.05) is 18.8 Å². The highest BCUT2D eigenvalue weighted by molar-refractivity contribution is 5.79. The monoisotopic (exact) mass is 262 g/mol. The number of hydrogen-bond acceptors (Lipinski definition) is 3. The number of anilines is 1. The lowest BCUT2D eigenvalue weighted by Gasteiger charge is -2.22. The van der Waals surface area contributed by atoms with Gasteiger partial charge in [0.1, 0.15) is 0 Å². The van der Waals surface area contributed by atoms with Gasteiger partial charge in [0.2, 0.25) is 5.91 Å². The Balaban J connectivity index is 1.96. The van der Waals surface area contributed by atoms with Gasteiger partial charge in [-0.3, -0.25) is 4.79 Å². The summed E-state index contributed by atoms with van der Waals surface area (Å²) >= 11 is 0. The van der Waals surface area contributed by atoms with Crippen molar-refractivity contribution in [2.45, 2.75) is 38.2 Å². The zero-order valence-corrected chi connectivity index (χ0v) is 11.4. The summed E-state index contributed by atoms with van der Waals surface area (Å²) in [5.74, 6) is 0.114. The van der Waals surface area contributed by atoms with Gasteiger partial charge in [-0.25, -0.2) is 0 Å². The number of carbonyl (C=O) groups excluding carboxylic acids is 1. The lowest BCUT2D eigenvalue weighted by atomic mass is 9.98. The van der Waals surface area contributed by atoms with Crippen molar-refractivity contribution < 1.29 is 9.90 Å². The molecule has 1 aromatic carbocycles. The van der Waals surface area contributed by atoms with Crippen molar-refractivity contribution in [3.63, 3.8) is 0 Å². The van der Waals surface area contributed by atoms with Crippen LogP contribution in [-0.2, 0) is 11.2 Å². The quantitative estimate of drug-likeness (QED) is 0.795. The SMILES string of the molecule is CC1(O)CCCN(C(=O)Cc2cccc(N)c2)CC1. The number of nitrogens with zero attached hydrogens (tertiary/aromatic N) is 1. The predicted octanol–water partition coefficient (Wildman–Crippen LogP) is 1.57. The molecule has 4 nitrogen and oxygen atoms in total. The standard InChI is InChI=1S/C15H22N2O2/c1-15(19)6-3-8-17(9-7-15)14(18)11-12-4-2-5-13(16)10-12/h2,4-5,10,19H,3,6-9,11,16H2,1H3. The number of amides is 1. The number of aliphatic hydroxyl groups is 1. The van der Waals surface area contributed by atoms with Crippen LogP contribution >= 0.6 is 0 Å². The first-order valence-corrected chi connectivity index (χ1v) is 6.81. The van der Waals surface area contributed by atoms with Crippen LogP contribution in [0.3, 0.4) is 0 Å². The van der Waals surface area contributed by atoms with Crippen molar-refractivity contribution in [2.24, 2.45) is 0 Å². The van der Waals surface area contributed by atoms with Crippen LogP contribution in [0.1, 0.15) is 31.7 Å². The Morgan fingerprint density at radius 2 is 2.21 bits per heavy atom. The number of nitrogens with two attached hydrogens (primary N) is 1. The predicted molar refractivity (Wildman–Crippen MR) is 75.6 cm³/mol. The summed E-state index contributed by atoms with van der Waals surface area (Å²) in [6.07, 6.45) is 2.65. The second-order valence-corrected chi connectivity index (χ2v) is 5.65. The van der Waals surface area contributed by atoms with Crippen LogP contribution in [0.5, 0.6) is 0 Å². The molecule has 1 fully saturated rings. The molecule has 104 valence electrons. The Morgan fingerprint density at radius 1 is 1.42 bits per heavy atom. The number of nitrogen functional groups attached to an aromatic ring is 1. The molecule has 1 amide bonds. The Labute approximate surface area is 114 Å². The molecule has 1 unspecified atom stereocenters. The van der Waals surface area contributed by atoms with Gasteiger partial charge in [-0.05, 0) is 43.9 Å². The average Bonchev–Trinajstić information content (AvgIpc) is 2.50. The molecule has 0 aliphatic carbocycles. The van der Waals surface area contributed by atoms with Crippen molar-refractivity contribution in [1.82, 2.24) is 4.90 Å². The van der Waals surface area contributed by atoms with Crippen LogP contribution < -0.4 is 5.73 Å². The van der Waals surface area contributed by atoms with E-state index in [0.717, 1.165) is 24.9 Å². The normalized spacial score (nSPS) is 24.0. The fourth-order valence-corrected chi connectivity index (χ4v) is 2.50. The summed E-state index contributed by atoms with van der Waals surface area (Å²) in [4.78, 5) is 14.1. The fraction of sp³-hybridized carbons (Fsp3) is 0.533. The summed E-state index contributed by atoms with van der Waals surface area (Å²) in [5, 5.41) is 10.0. The molecule has 1 aliphatic rings. The Morgan fingerprint density at radius 3 is 2.95 bits per heavy atom. The number of rotatable bonds is 2. The van der Waals surface area contributed by atoms with E-state index in [1.165, 1.54) is 0 Å². The average molecular weight is 262 g/mol. The minimum absolute atomic E-state index is 0.114. The third-order valence-electron chi connectivity index (χ3n) is 3.72. The largest absolute Gasteiger partial charge is 0.399 e. The third kappa shape index (κ3) is 3.96. The zero-order valence-electron chi connectivity index (χ0n) is 11.4. The van der Waals surface area contributed by atoms with Gasteiger partial charge >= 0.3 is 0 Å². The van der Waals surface area contributed by atoms with Crippen LogP contribution in [0.2, 0.25) is 0 Å². The molecule has 1 saturated heterocycles. The van der Waals surface area contributed by atoms with Crippen LogP contribution in [0.25, 0.3) is 0 Å². The molecule has 0 aromatic heterocycles. The van der Waals surface area contributed by atoms with Gasteiger partial charge in [0.15, 0.2) is 0 Å². The highest BCUT2D eigenvalue weighted by Crippen LogP contribution is 2.22. The van der Waals surface area contributed by atoms with E-state index < -0.39 is 5.60 Å². The van der Waals surface area contributed by atoms with E-state index in [9.17, 15) is 9.90 Å². The van der Waals surface area contributed by atoms with Gasteiger partial charge in [-0.15, -0.1) is 0 Å². The van der Waals surface area contributed by atoms with E-state index in [4.69, 9.17) is 5.73 Å². The lowest BCUT2D eigenvalue weighted by Crippen LogP contribution is -2.34. The van der Waals surface area contributed by atoms with Gasteiger partial charge in [-0.1, -0.05) is 12.1 Å². The molecule has 1 aromatic rings. The minimum atomic E-state index is -0.633. The first kappa shape index (κ1) is 13.9. The number of benzene rings is 1. The molecule has 19 heavy (non-hydrogen) atoms. The molecule has 0 bridgehead atoms. The molecular weight excluding hydrogens is 240 g/mol. The van der Waals surface area contributed by atoms with E-state index in [1.807, 2.05) is 36.1 Å². The maximum Gasteiger partial charge on any atom is 0.226 e. The first-order chi connectivity index (χ1) is 8.96. The maximum absolute atomic E-state index is 12.2. The van der Waals surface area contributed by atoms with E-state index in [1.54, 1.807) is 0 Å². The second kappa shape index (κ2) is 5.61. The molecule has 0 spiro atoms. The molecule has 3 N–H and O–H groups in total. The first-order valence-electron chi connectivity index (χ1n) is 6.81. The van der Waals surface area contributed by atoms with Gasteiger partial charge in [0, 0.05) is 18.8 Å². The lowest BCUT2D eigenvalue weighted by molar-refractivity contribution is -0.130. The molecule has 1 atom stereocenters. The number of likely N-dealkylation sites (tertiary alicyclic amines) is 1. The molecule has 1 aliphatic heterocycles. The molecular formula is C15H22N2O2. The number of carbonyl (C=O) groups is 1. The molecule has 0 saturated carbocycles. The minimum Gasteiger partial charge on any atom is -0.399 e. The van der Waals surface area contributed by atoms with Crippen LogP contribution in [-0.4, -0.2) is 34.6 Å². The Hall–Kier alpha value is -1.55. The maximum atomic E-state index is 12.2. The van der Waals surface area contributed by atoms with E-state index >= 15 is 0 Å². The van der Waals surface area contributed by atoms with Crippen LogP contribution in [0.4, 0.5) is 5.69 Å². The summed E-state index contributed by atoms with van der Waals surface area (Å²) in [7, 11) is 0. The van der Waals surface area contributed by atoms with Crippen molar-refractivity contribution >= 4 is 11.6 Å². The summed E-state index contributed by atoms with van der Waals surface area (Å²) in [6, 6.07) is 7.44. The Kier molecular flexibility index (Phi) is 4.10. The van der Waals surface area contributed by atoms with Gasteiger partial charge in [0.25, 0.3) is 0 Å². The van der Waals surface area contributed by atoms with E-state index in [-0.39, 0.29) is 5.91 Å². The summed E-state index contributed by atoms with van der Waals surface area (Å²) < 4.78 is 0. The van der Waals surface area contributed by atoms with Crippen LogP contribution in [0.15, 0.2) is 24.3 Å². The summed E-state index contributed by atoms with van der Waals surface area (Å²) in [5.41, 5.74) is 6.71. The van der Waals surface area contributed by atoms with Gasteiger partial charge in [-0.2, -0.15) is 0 Å². The molecule has 2 rings (SSSR count). The summed E-state index contributed by atoms with van der Waals surface area (Å²) in [6.45, 7) is 3.21. The fourth-order valence-electron chi connectivity index (χ4n) is 2.50. The van der Waals surface area contributed by atoms with Gasteiger partial charge in [0.05, 0.1) is 12.0 Å². The second-order valence-electron chi connectivity index (χ2n) is 5.65. The van der Waals surface area contributed by atoms with Crippen molar-refractivity contribution in [3.05, 3.63) is 29.8 Å². The zero-order chi connectivity index (χ0) is 13.9. The van der Waals surface area contributed by atoms with Gasteiger partial charge < -0.3 is 15.7 Å². The van der Waals surface area contributed by atoms with E-state index in [0.29, 0.717) is 25.1 Å². The van der Waals surface area contributed by atoms with Crippen LogP contribution in [0, 0.1) is 0 Å². The smallest absolute Gasteiger partial charge is 0.226 e. The molecule has 4 heteroatoms. The third-order valence-corrected chi connectivity index (χ3v) is 3.72. The van der Waals surface area contributed by atoms with Crippen molar-refractivity contribution in [1.29, 1.82) is 0 Å². The Bertz CT molecular complexity index is 457. The van der Waals surface area contributed by atoms with E-state index in [2.05, 4.69) is 0 Å². The molecule has 1 heterocycles. The van der Waals surface area contributed by atoms with Crippen molar-refractivity contribution in [3.8, 4) is 0 Å². The molecule has 0 radical (unpaired) electrons. The topological polar surface area (TPSA) is 66.6 Å². The number of hydrogen-bond donors (Lipinski definition) is 2. The highest BCUT2D eigenvalue weighted by Gasteiger charge is 2.26. The highest BCUT2D eigenvalue weighted by atomic mass is 16.3.